The van der Waals surface area contributed by atoms with E-state index in [1.165, 1.54) is 7.11 Å². The molecule has 0 radical (unpaired) electrons. The highest BCUT2D eigenvalue weighted by atomic mass is 16.5. The molecule has 1 aromatic rings. The summed E-state index contributed by atoms with van der Waals surface area (Å²) in [6.07, 6.45) is 0.815. The highest BCUT2D eigenvalue weighted by Crippen LogP contribution is 2.26. The van der Waals surface area contributed by atoms with Crippen molar-refractivity contribution < 1.29 is 14.3 Å². The van der Waals surface area contributed by atoms with Gasteiger partial charge in [-0.15, -0.1) is 0 Å². The summed E-state index contributed by atoms with van der Waals surface area (Å²) >= 11 is 0. The van der Waals surface area contributed by atoms with Crippen LogP contribution in [0, 0.1) is 5.41 Å². The number of hydrogen-bond acceptors (Lipinski definition) is 3. The van der Waals surface area contributed by atoms with Crippen molar-refractivity contribution in [3.05, 3.63) is 24.3 Å². The van der Waals surface area contributed by atoms with Gasteiger partial charge in [0.25, 0.3) is 0 Å². The zero-order valence-corrected chi connectivity index (χ0v) is 13.3. The molecule has 5 nitrogen and oxygen atoms in total. The first-order chi connectivity index (χ1) is 9.82. The summed E-state index contributed by atoms with van der Waals surface area (Å²) in [5.41, 5.74) is -0.612. The normalized spacial score (nSPS) is 12.4. The predicted molar refractivity (Wildman–Crippen MR) is 83.3 cm³/mol. The SMILES string of the molecule is CCC(C)NC(=O)C(C)(C)C(=O)Nc1ccccc1OC. The second kappa shape index (κ2) is 7.11. The van der Waals surface area contributed by atoms with Gasteiger partial charge in [0.15, 0.2) is 0 Å². The molecule has 0 aliphatic heterocycles. The number of rotatable bonds is 6. The highest BCUT2D eigenvalue weighted by molar-refractivity contribution is 6.10. The van der Waals surface area contributed by atoms with Crippen LogP contribution in [-0.4, -0.2) is 25.0 Å². The second-order valence-electron chi connectivity index (χ2n) is 5.56. The van der Waals surface area contributed by atoms with Gasteiger partial charge in [-0.05, 0) is 39.3 Å². The van der Waals surface area contributed by atoms with Crippen LogP contribution < -0.4 is 15.4 Å². The molecule has 0 fully saturated rings. The summed E-state index contributed by atoms with van der Waals surface area (Å²) < 4.78 is 5.19. The van der Waals surface area contributed by atoms with Gasteiger partial charge in [-0.25, -0.2) is 0 Å². The minimum absolute atomic E-state index is 0.0378. The largest absolute Gasteiger partial charge is 0.495 e. The lowest BCUT2D eigenvalue weighted by atomic mass is 9.90. The number of ether oxygens (including phenoxy) is 1. The number of para-hydroxylation sites is 2. The molecule has 0 aromatic heterocycles. The fraction of sp³-hybridized carbons (Fsp3) is 0.500. The Labute approximate surface area is 126 Å². The molecule has 0 spiro atoms. The molecule has 1 aromatic carbocycles. The summed E-state index contributed by atoms with van der Waals surface area (Å²) in [4.78, 5) is 24.6. The molecule has 1 unspecified atom stereocenters. The quantitative estimate of drug-likeness (QED) is 0.792. The van der Waals surface area contributed by atoms with Gasteiger partial charge in [0.2, 0.25) is 11.8 Å². The van der Waals surface area contributed by atoms with E-state index in [9.17, 15) is 9.59 Å². The standard InChI is InChI=1S/C16H24N2O3/c1-6-11(2)17-14(19)16(3,4)15(20)18-12-9-7-8-10-13(12)21-5/h7-11H,6H2,1-5H3,(H,17,19)(H,18,20). The maximum absolute atomic E-state index is 12.4. The molecule has 1 rings (SSSR count). The third kappa shape index (κ3) is 4.21. The van der Waals surface area contributed by atoms with Crippen molar-refractivity contribution in [3.8, 4) is 5.75 Å². The minimum atomic E-state index is -1.16. The van der Waals surface area contributed by atoms with Gasteiger partial charge in [-0.1, -0.05) is 19.1 Å². The van der Waals surface area contributed by atoms with Gasteiger partial charge in [0.05, 0.1) is 12.8 Å². The molecule has 0 saturated carbocycles. The molecule has 0 bridgehead atoms. The Kier molecular flexibility index (Phi) is 5.76. The Balaban J connectivity index is 2.84. The van der Waals surface area contributed by atoms with E-state index in [-0.39, 0.29) is 17.9 Å². The zero-order valence-electron chi connectivity index (χ0n) is 13.3. The summed E-state index contributed by atoms with van der Waals surface area (Å²) in [6, 6.07) is 7.14. The van der Waals surface area contributed by atoms with Gasteiger partial charge >= 0.3 is 0 Å². The molecular formula is C16H24N2O3. The summed E-state index contributed by atoms with van der Waals surface area (Å²) in [5.74, 6) is -0.0963. The molecule has 2 amide bonds. The summed E-state index contributed by atoms with van der Waals surface area (Å²) in [6.45, 7) is 7.10. The van der Waals surface area contributed by atoms with Crippen LogP contribution in [0.5, 0.6) is 5.75 Å². The van der Waals surface area contributed by atoms with Gasteiger partial charge in [0, 0.05) is 6.04 Å². The second-order valence-corrected chi connectivity index (χ2v) is 5.56. The molecule has 1 atom stereocenters. The van der Waals surface area contributed by atoms with Gasteiger partial charge < -0.3 is 15.4 Å². The van der Waals surface area contributed by atoms with Gasteiger partial charge in [-0.3, -0.25) is 9.59 Å². The molecule has 0 aliphatic rings. The van der Waals surface area contributed by atoms with Crippen molar-refractivity contribution in [2.45, 2.75) is 40.2 Å². The van der Waals surface area contributed by atoms with Crippen LogP contribution in [0.4, 0.5) is 5.69 Å². The van der Waals surface area contributed by atoms with Crippen LogP contribution in [0.3, 0.4) is 0 Å². The smallest absolute Gasteiger partial charge is 0.239 e. The minimum Gasteiger partial charge on any atom is -0.495 e. The molecule has 21 heavy (non-hydrogen) atoms. The number of anilines is 1. The average molecular weight is 292 g/mol. The molecule has 0 heterocycles. The zero-order chi connectivity index (χ0) is 16.0. The molecule has 5 heteroatoms. The van der Waals surface area contributed by atoms with E-state index < -0.39 is 5.41 Å². The van der Waals surface area contributed by atoms with Crippen LogP contribution in [0.2, 0.25) is 0 Å². The number of methoxy groups -OCH3 is 1. The fourth-order valence-corrected chi connectivity index (χ4v) is 1.64. The molecular weight excluding hydrogens is 268 g/mol. The third-order valence-electron chi connectivity index (χ3n) is 3.48. The predicted octanol–water partition coefficient (Wildman–Crippen LogP) is 2.57. The maximum Gasteiger partial charge on any atom is 0.239 e. The Bertz CT molecular complexity index is 512. The number of carbonyl (C=O) groups excluding carboxylic acids is 2. The van der Waals surface area contributed by atoms with Crippen molar-refractivity contribution in [3.63, 3.8) is 0 Å². The molecule has 0 saturated heterocycles. The number of amides is 2. The van der Waals surface area contributed by atoms with Crippen LogP contribution in [0.15, 0.2) is 24.3 Å². The van der Waals surface area contributed by atoms with Crippen molar-refractivity contribution in [1.82, 2.24) is 5.32 Å². The lowest BCUT2D eigenvalue weighted by Gasteiger charge is -2.25. The summed E-state index contributed by atoms with van der Waals surface area (Å²) in [7, 11) is 1.53. The number of nitrogens with one attached hydrogen (secondary N) is 2. The Morgan fingerprint density at radius 2 is 1.86 bits per heavy atom. The van der Waals surface area contributed by atoms with E-state index in [0.29, 0.717) is 11.4 Å². The third-order valence-corrected chi connectivity index (χ3v) is 3.48. The average Bonchev–Trinajstić information content (AvgIpc) is 2.47. The van der Waals surface area contributed by atoms with Gasteiger partial charge in [-0.2, -0.15) is 0 Å². The Morgan fingerprint density at radius 3 is 2.43 bits per heavy atom. The highest BCUT2D eigenvalue weighted by Gasteiger charge is 2.36. The Morgan fingerprint density at radius 1 is 1.24 bits per heavy atom. The van der Waals surface area contributed by atoms with Crippen LogP contribution >= 0.6 is 0 Å². The van der Waals surface area contributed by atoms with E-state index in [4.69, 9.17) is 4.74 Å². The lowest BCUT2D eigenvalue weighted by molar-refractivity contribution is -0.138. The monoisotopic (exact) mass is 292 g/mol. The first-order valence-corrected chi connectivity index (χ1v) is 7.08. The van der Waals surface area contributed by atoms with Crippen molar-refractivity contribution in [2.75, 3.05) is 12.4 Å². The molecule has 116 valence electrons. The van der Waals surface area contributed by atoms with Gasteiger partial charge in [0.1, 0.15) is 11.2 Å². The van der Waals surface area contributed by atoms with E-state index in [1.807, 2.05) is 19.9 Å². The number of carbonyl (C=O) groups is 2. The van der Waals surface area contributed by atoms with Crippen LogP contribution in [-0.2, 0) is 9.59 Å². The summed E-state index contributed by atoms with van der Waals surface area (Å²) in [5, 5.41) is 5.58. The topological polar surface area (TPSA) is 67.4 Å². The fourth-order valence-electron chi connectivity index (χ4n) is 1.64. The Hall–Kier alpha value is -2.04. The van der Waals surface area contributed by atoms with E-state index in [0.717, 1.165) is 6.42 Å². The molecule has 0 aliphatic carbocycles. The lowest BCUT2D eigenvalue weighted by Crippen LogP contribution is -2.47. The van der Waals surface area contributed by atoms with Crippen molar-refractivity contribution >= 4 is 17.5 Å². The first kappa shape index (κ1) is 17.0. The number of hydrogen-bond donors (Lipinski definition) is 2. The van der Waals surface area contributed by atoms with Crippen LogP contribution in [0.25, 0.3) is 0 Å². The van der Waals surface area contributed by atoms with E-state index in [1.54, 1.807) is 32.0 Å². The van der Waals surface area contributed by atoms with Crippen LogP contribution in [0.1, 0.15) is 34.1 Å². The van der Waals surface area contributed by atoms with E-state index in [2.05, 4.69) is 10.6 Å². The van der Waals surface area contributed by atoms with Crippen molar-refractivity contribution in [1.29, 1.82) is 0 Å². The van der Waals surface area contributed by atoms with Crippen molar-refractivity contribution in [2.24, 2.45) is 5.41 Å². The van der Waals surface area contributed by atoms with E-state index >= 15 is 0 Å². The molecule has 2 N–H and O–H groups in total. The number of benzene rings is 1. The first-order valence-electron chi connectivity index (χ1n) is 7.08. The maximum atomic E-state index is 12.4.